The molecule has 9 nitrogen and oxygen atoms in total. The van der Waals surface area contributed by atoms with Gasteiger partial charge in [-0.3, -0.25) is 19.7 Å². The van der Waals surface area contributed by atoms with Crippen LogP contribution < -0.4 is 5.32 Å². The van der Waals surface area contributed by atoms with Gasteiger partial charge in [-0.05, 0) is 72.5 Å². The summed E-state index contributed by atoms with van der Waals surface area (Å²) in [6.07, 6.45) is 5.94. The molecule has 0 spiro atoms. The number of carbonyl (C=O) groups is 4. The summed E-state index contributed by atoms with van der Waals surface area (Å²) in [5.74, 6) is 0.308. The lowest BCUT2D eigenvalue weighted by molar-refractivity contribution is -0.164. The molecular weight excluding hydrogens is 494 g/mol. The SMILES string of the molecule is CCCCCSC[C@H](N[C@@H](C)C(=O)N1CCC[C@H]1C(=O)N1CCC[C@H]1C(=O)OC(C)(C)C)C(=O)OCC. The summed E-state index contributed by atoms with van der Waals surface area (Å²) in [7, 11) is 0. The van der Waals surface area contributed by atoms with Crippen LogP contribution in [0.25, 0.3) is 0 Å². The average Bonchev–Trinajstić information content (AvgIpc) is 3.51. The zero-order valence-electron chi connectivity index (χ0n) is 23.5. The van der Waals surface area contributed by atoms with E-state index in [-0.39, 0.29) is 24.4 Å². The zero-order chi connectivity index (χ0) is 27.6. The van der Waals surface area contributed by atoms with Gasteiger partial charge in [0, 0.05) is 18.8 Å². The smallest absolute Gasteiger partial charge is 0.329 e. The summed E-state index contributed by atoms with van der Waals surface area (Å²) in [4.78, 5) is 55.5. The Morgan fingerprint density at radius 1 is 1.00 bits per heavy atom. The number of ether oxygens (including phenoxy) is 2. The molecule has 0 aromatic heterocycles. The molecule has 2 aliphatic heterocycles. The Morgan fingerprint density at radius 2 is 1.65 bits per heavy atom. The van der Waals surface area contributed by atoms with Gasteiger partial charge >= 0.3 is 11.9 Å². The van der Waals surface area contributed by atoms with Crippen molar-refractivity contribution in [3.05, 3.63) is 0 Å². The molecule has 37 heavy (non-hydrogen) atoms. The van der Waals surface area contributed by atoms with Crippen molar-refractivity contribution in [2.75, 3.05) is 31.2 Å². The standard InChI is InChI=1S/C27H47N3O6S/c1-7-9-10-17-37-18-20(25(33)35-8-2)28-19(3)23(31)29-15-11-13-21(29)24(32)30-16-12-14-22(30)26(34)36-27(4,5)6/h19-22,28H,7-18H2,1-6H3/t19-,20-,21-,22-/m0/s1. The number of hydrogen-bond acceptors (Lipinski definition) is 8. The van der Waals surface area contributed by atoms with Crippen LogP contribution in [-0.2, 0) is 28.7 Å². The minimum Gasteiger partial charge on any atom is -0.465 e. The quantitative estimate of drug-likeness (QED) is 0.280. The number of nitrogens with zero attached hydrogens (tertiary/aromatic N) is 2. The van der Waals surface area contributed by atoms with E-state index in [1.807, 2.05) is 20.8 Å². The van der Waals surface area contributed by atoms with Gasteiger partial charge in [0.2, 0.25) is 11.8 Å². The van der Waals surface area contributed by atoms with E-state index < -0.39 is 35.7 Å². The lowest BCUT2D eigenvalue weighted by Gasteiger charge is -2.33. The minimum absolute atomic E-state index is 0.195. The Bertz CT molecular complexity index is 787. The first kappa shape index (κ1) is 31.4. The normalized spacial score (nSPS) is 21.6. The number of nitrogens with one attached hydrogen (secondary N) is 1. The fraction of sp³-hybridized carbons (Fsp3) is 0.852. The number of rotatable bonds is 13. The lowest BCUT2D eigenvalue weighted by atomic mass is 10.1. The average molecular weight is 542 g/mol. The van der Waals surface area contributed by atoms with Crippen molar-refractivity contribution < 1.29 is 28.7 Å². The Labute approximate surface area is 226 Å². The number of carbonyl (C=O) groups excluding carboxylic acids is 4. The van der Waals surface area contributed by atoms with Gasteiger partial charge in [0.25, 0.3) is 0 Å². The molecule has 4 atom stereocenters. The van der Waals surface area contributed by atoms with Crippen molar-refractivity contribution in [3.8, 4) is 0 Å². The number of amides is 2. The maximum Gasteiger partial charge on any atom is 0.329 e. The van der Waals surface area contributed by atoms with E-state index in [9.17, 15) is 19.2 Å². The van der Waals surface area contributed by atoms with E-state index in [0.29, 0.717) is 38.1 Å². The Hall–Kier alpha value is -1.81. The molecule has 212 valence electrons. The second kappa shape index (κ2) is 15.0. The highest BCUT2D eigenvalue weighted by Gasteiger charge is 2.44. The topological polar surface area (TPSA) is 105 Å². The largest absolute Gasteiger partial charge is 0.465 e. The van der Waals surface area contributed by atoms with Crippen LogP contribution in [0.3, 0.4) is 0 Å². The number of hydrogen-bond donors (Lipinski definition) is 1. The molecule has 0 aromatic rings. The van der Waals surface area contributed by atoms with Crippen molar-refractivity contribution in [2.45, 2.75) is 116 Å². The van der Waals surface area contributed by atoms with Crippen LogP contribution in [0.15, 0.2) is 0 Å². The first-order chi connectivity index (χ1) is 17.5. The molecule has 1 N–H and O–H groups in total. The van der Waals surface area contributed by atoms with Crippen molar-refractivity contribution >= 4 is 35.5 Å². The highest BCUT2D eigenvalue weighted by Crippen LogP contribution is 2.27. The molecule has 2 aliphatic rings. The molecule has 0 unspecified atom stereocenters. The highest BCUT2D eigenvalue weighted by atomic mass is 32.2. The first-order valence-electron chi connectivity index (χ1n) is 13.8. The number of likely N-dealkylation sites (tertiary alicyclic amines) is 2. The van der Waals surface area contributed by atoms with Crippen LogP contribution in [-0.4, -0.2) is 94.5 Å². The van der Waals surface area contributed by atoms with Gasteiger partial charge in [0.15, 0.2) is 0 Å². The van der Waals surface area contributed by atoms with Gasteiger partial charge in [0.05, 0.1) is 12.6 Å². The maximum absolute atomic E-state index is 13.5. The molecule has 0 aliphatic carbocycles. The third-order valence-corrected chi connectivity index (χ3v) is 7.75. The monoisotopic (exact) mass is 541 g/mol. The summed E-state index contributed by atoms with van der Waals surface area (Å²) >= 11 is 1.68. The van der Waals surface area contributed by atoms with Crippen LogP contribution in [0.4, 0.5) is 0 Å². The summed E-state index contributed by atoms with van der Waals surface area (Å²) in [6.45, 7) is 12.3. The molecule has 2 heterocycles. The third kappa shape index (κ3) is 9.46. The van der Waals surface area contributed by atoms with Crippen LogP contribution in [0.2, 0.25) is 0 Å². The minimum atomic E-state index is -0.653. The van der Waals surface area contributed by atoms with Gasteiger partial charge in [-0.15, -0.1) is 0 Å². The fourth-order valence-corrected chi connectivity index (χ4v) is 5.87. The molecule has 0 bridgehead atoms. The van der Waals surface area contributed by atoms with Crippen LogP contribution in [0.1, 0.15) is 86.5 Å². The Kier molecular flexibility index (Phi) is 12.7. The molecular formula is C27H47N3O6S. The Balaban J connectivity index is 2.03. The molecule has 2 rings (SSSR count). The van der Waals surface area contributed by atoms with E-state index in [1.54, 1.807) is 35.4 Å². The second-order valence-electron chi connectivity index (χ2n) is 10.9. The summed E-state index contributed by atoms with van der Waals surface area (Å²) < 4.78 is 10.8. The van der Waals surface area contributed by atoms with E-state index in [0.717, 1.165) is 31.4 Å². The number of thioether (sulfide) groups is 1. The molecule has 2 saturated heterocycles. The fourth-order valence-electron chi connectivity index (χ4n) is 4.83. The van der Waals surface area contributed by atoms with Crippen LogP contribution in [0, 0.1) is 0 Å². The molecule has 0 saturated carbocycles. The van der Waals surface area contributed by atoms with Crippen LogP contribution >= 0.6 is 11.8 Å². The van der Waals surface area contributed by atoms with E-state index in [1.165, 1.54) is 0 Å². The molecule has 2 amide bonds. The van der Waals surface area contributed by atoms with E-state index >= 15 is 0 Å². The summed E-state index contributed by atoms with van der Waals surface area (Å²) in [5.41, 5.74) is -0.630. The van der Waals surface area contributed by atoms with Gasteiger partial charge in [-0.2, -0.15) is 11.8 Å². The summed E-state index contributed by atoms with van der Waals surface area (Å²) in [6, 6.07) is -2.47. The van der Waals surface area contributed by atoms with Crippen LogP contribution in [0.5, 0.6) is 0 Å². The number of esters is 2. The van der Waals surface area contributed by atoms with Crippen molar-refractivity contribution in [1.29, 1.82) is 0 Å². The molecule has 2 fully saturated rings. The third-order valence-electron chi connectivity index (χ3n) is 6.61. The lowest BCUT2D eigenvalue weighted by Crippen LogP contribution is -2.56. The second-order valence-corrected chi connectivity index (χ2v) is 12.0. The van der Waals surface area contributed by atoms with E-state index in [4.69, 9.17) is 9.47 Å². The van der Waals surface area contributed by atoms with Gasteiger partial charge in [-0.1, -0.05) is 19.8 Å². The Morgan fingerprint density at radius 3 is 2.27 bits per heavy atom. The molecule has 10 heteroatoms. The number of unbranched alkanes of at least 4 members (excludes halogenated alkanes) is 2. The highest BCUT2D eigenvalue weighted by molar-refractivity contribution is 7.99. The van der Waals surface area contributed by atoms with Crippen molar-refractivity contribution in [2.24, 2.45) is 0 Å². The maximum atomic E-state index is 13.5. The van der Waals surface area contributed by atoms with Crippen molar-refractivity contribution in [3.63, 3.8) is 0 Å². The first-order valence-corrected chi connectivity index (χ1v) is 15.0. The van der Waals surface area contributed by atoms with Gasteiger partial charge in [-0.25, -0.2) is 4.79 Å². The summed E-state index contributed by atoms with van der Waals surface area (Å²) in [5, 5.41) is 3.17. The molecule has 0 aromatic carbocycles. The predicted octanol–water partition coefficient (Wildman–Crippen LogP) is 3.14. The van der Waals surface area contributed by atoms with Crippen molar-refractivity contribution in [1.82, 2.24) is 15.1 Å². The zero-order valence-corrected chi connectivity index (χ0v) is 24.4. The predicted molar refractivity (Wildman–Crippen MR) is 145 cm³/mol. The van der Waals surface area contributed by atoms with Gasteiger partial charge in [0.1, 0.15) is 23.7 Å². The molecule has 0 radical (unpaired) electrons. The van der Waals surface area contributed by atoms with Gasteiger partial charge < -0.3 is 19.3 Å². The van der Waals surface area contributed by atoms with E-state index in [2.05, 4.69) is 12.2 Å².